The zero-order valence-corrected chi connectivity index (χ0v) is 47.2. The Hall–Kier alpha value is -6.68. The van der Waals surface area contributed by atoms with Gasteiger partial charge in [-0.3, -0.25) is 38.5 Å². The number of nitriles is 1. The molecule has 5 amide bonds. The highest BCUT2D eigenvalue weighted by molar-refractivity contribution is 7.99. The summed E-state index contributed by atoms with van der Waals surface area (Å²) in [5.41, 5.74) is 0.624. The van der Waals surface area contributed by atoms with Crippen LogP contribution in [0.1, 0.15) is 132 Å². The molecule has 3 fully saturated rings. The van der Waals surface area contributed by atoms with Crippen molar-refractivity contribution in [1.82, 2.24) is 36.1 Å². The zero-order chi connectivity index (χ0) is 57.9. The van der Waals surface area contributed by atoms with E-state index in [-0.39, 0.29) is 113 Å². The number of hydrogen-bond acceptors (Lipinski definition) is 18. The Morgan fingerprint density at radius 2 is 1.62 bits per heavy atom. The van der Waals surface area contributed by atoms with Crippen LogP contribution in [0.25, 0.3) is 0 Å². The van der Waals surface area contributed by atoms with Gasteiger partial charge in [-0.15, -0.1) is 11.8 Å². The summed E-state index contributed by atoms with van der Waals surface area (Å²) in [5.74, 6) is -4.66. The lowest BCUT2D eigenvalue weighted by molar-refractivity contribution is -0.190. The van der Waals surface area contributed by atoms with Crippen molar-refractivity contribution in [3.8, 4) is 23.3 Å². The number of aliphatic hydroxyl groups is 1. The van der Waals surface area contributed by atoms with Gasteiger partial charge in [-0.05, 0) is 71.1 Å². The molecule has 80 heavy (non-hydrogen) atoms. The topological polar surface area (TPSA) is 308 Å². The minimum atomic E-state index is -0.981. The third-order valence-corrected chi connectivity index (χ3v) is 16.5. The number of ether oxygens (including phenoxy) is 4. The Labute approximate surface area is 470 Å². The molecule has 3 aromatic rings. The quantitative estimate of drug-likeness (QED) is 0.0524. The van der Waals surface area contributed by atoms with Gasteiger partial charge < -0.3 is 60.4 Å². The number of likely N-dealkylation sites (tertiary alicyclic amines) is 1. The third kappa shape index (κ3) is 14.1. The average molecular weight is 1130 g/mol. The van der Waals surface area contributed by atoms with Gasteiger partial charge >= 0.3 is 0 Å². The number of morpholine rings is 1. The number of aromatic hydroxyl groups is 2. The lowest BCUT2D eigenvalue weighted by Gasteiger charge is -2.43. The minimum Gasteiger partial charge on any atom is -0.507 e. The number of rotatable bonds is 19. The third-order valence-electron chi connectivity index (χ3n) is 15.3. The van der Waals surface area contributed by atoms with Crippen LogP contribution in [-0.2, 0) is 46.2 Å². The molecule has 1 aromatic heterocycles. The van der Waals surface area contributed by atoms with Crippen molar-refractivity contribution in [1.29, 1.82) is 5.26 Å². The SMILES string of the molecule is CCCCC(C)Sc1nc(C(=O)NCCC(=O)NC(C)C(=O)N[C@@H](C)C(=O)NCC2CN(C(=O)[C@H]3CCc4c(O)c5c(c(O)c4C3)C(=O)c3cccc(OC)c3C5=O)C2)ccc1C#N.COC1CN(C2CCOC(C)C2O)CCO1. The van der Waals surface area contributed by atoms with Crippen LogP contribution in [0.3, 0.4) is 0 Å². The van der Waals surface area contributed by atoms with E-state index < -0.39 is 65.1 Å². The first kappa shape index (κ1) is 61.0. The van der Waals surface area contributed by atoms with Gasteiger partial charge in [-0.25, -0.2) is 4.98 Å². The van der Waals surface area contributed by atoms with Crippen LogP contribution in [-0.4, -0.2) is 180 Å². The molecule has 2 aliphatic carbocycles. The van der Waals surface area contributed by atoms with Gasteiger partial charge in [0.1, 0.15) is 46.1 Å². The molecule has 7 N–H and O–H groups in total. The van der Waals surface area contributed by atoms with E-state index in [1.165, 1.54) is 44.9 Å². The average Bonchev–Trinajstić information content (AvgIpc) is 3.44. The maximum absolute atomic E-state index is 13.6. The molecular weight excluding hydrogens is 1050 g/mol. The van der Waals surface area contributed by atoms with Gasteiger partial charge in [0, 0.05) is 99.2 Å². The Bertz CT molecular complexity index is 2860. The number of ketones is 2. The molecule has 8 rings (SSSR count). The Morgan fingerprint density at radius 3 is 2.34 bits per heavy atom. The van der Waals surface area contributed by atoms with Gasteiger partial charge in [0.05, 0.1) is 48.2 Å². The molecule has 0 radical (unpaired) electrons. The second kappa shape index (κ2) is 27.7. The molecule has 8 atom stereocenters. The second-order valence-corrected chi connectivity index (χ2v) is 22.4. The number of nitrogens with zero attached hydrogens (tertiary/aromatic N) is 4. The predicted octanol–water partition coefficient (Wildman–Crippen LogP) is 3.16. The number of aliphatic hydroxyl groups excluding tert-OH is 1. The van der Waals surface area contributed by atoms with Crippen molar-refractivity contribution in [2.45, 2.75) is 133 Å². The van der Waals surface area contributed by atoms with Gasteiger partial charge in [-0.2, -0.15) is 5.26 Å². The standard InChI is InChI=1S/C46H53N7O10S.C11H21NO4/c1-6-7-9-23(2)64-45-28(19-47)13-15-32(52-45)44(61)48-17-16-34(54)50-25(4)43(60)51-24(3)42(59)49-20-26-21-53(22-26)46(62)27-12-14-29-31(18-27)40(57)36-37(38(29)55)41(58)35-30(39(36)56)10-8-11-33(35)63-5;1-8-11(13)9(3-5-15-8)12-4-6-16-10(7-12)14-2/h8,10-11,13,15,23-27,55,57H,6-7,9,12,14,16-18,20-22H2,1-5H3,(H,48,61)(H,49,59)(H,50,54)(H,51,60);8-11,13H,3-7H2,1-2H3/t23?,24-,25?,27-;/m0./s1. The van der Waals surface area contributed by atoms with E-state index in [1.807, 2.05) is 13.8 Å². The molecule has 4 heterocycles. The minimum absolute atomic E-state index is 0.0212. The summed E-state index contributed by atoms with van der Waals surface area (Å²) >= 11 is 1.44. The number of carbonyl (C=O) groups excluding carboxylic acids is 7. The molecule has 3 aliphatic heterocycles. The van der Waals surface area contributed by atoms with E-state index in [9.17, 15) is 54.1 Å². The molecule has 0 saturated carbocycles. The number of unbranched alkanes of at least 4 members (excludes halogenated alkanes) is 1. The molecule has 23 heteroatoms. The number of fused-ring (bicyclic) bond motifs is 3. The Balaban J connectivity index is 0.000000492. The summed E-state index contributed by atoms with van der Waals surface area (Å²) in [6.45, 7) is 13.0. The number of phenolic OH excluding ortho intramolecular Hbond substituents is 2. The number of thioether (sulfide) groups is 1. The second-order valence-electron chi connectivity index (χ2n) is 21.0. The fourth-order valence-electron chi connectivity index (χ4n) is 10.6. The number of methoxy groups -OCH3 is 2. The van der Waals surface area contributed by atoms with Crippen LogP contribution in [0.2, 0.25) is 0 Å². The van der Waals surface area contributed by atoms with Gasteiger partial charge in [0.25, 0.3) is 5.91 Å². The lowest BCUT2D eigenvalue weighted by Crippen LogP contribution is -2.57. The molecular formula is C57H74N8O14S. The number of aromatic nitrogens is 1. The molecule has 0 spiro atoms. The van der Waals surface area contributed by atoms with E-state index in [2.05, 4.69) is 44.1 Å². The number of nitrogens with one attached hydrogen (secondary N) is 4. The first-order valence-corrected chi connectivity index (χ1v) is 28.2. The van der Waals surface area contributed by atoms with Crippen molar-refractivity contribution < 1.29 is 67.8 Å². The van der Waals surface area contributed by atoms with Crippen LogP contribution in [0.4, 0.5) is 0 Å². The number of amides is 5. The largest absolute Gasteiger partial charge is 0.507 e. The number of benzene rings is 2. The molecule has 2 aromatic carbocycles. The number of phenols is 2. The van der Waals surface area contributed by atoms with Crippen molar-refractivity contribution in [3.63, 3.8) is 0 Å². The normalized spacial score (nSPS) is 21.8. The van der Waals surface area contributed by atoms with Crippen LogP contribution in [0.15, 0.2) is 35.4 Å². The summed E-state index contributed by atoms with van der Waals surface area (Å²) < 4.78 is 21.4. The van der Waals surface area contributed by atoms with Gasteiger partial charge in [0.15, 0.2) is 12.1 Å². The highest BCUT2D eigenvalue weighted by atomic mass is 32.2. The van der Waals surface area contributed by atoms with Crippen LogP contribution < -0.4 is 26.0 Å². The maximum Gasteiger partial charge on any atom is 0.269 e. The zero-order valence-electron chi connectivity index (χ0n) is 46.4. The predicted molar refractivity (Wildman–Crippen MR) is 292 cm³/mol. The molecule has 3 saturated heterocycles. The van der Waals surface area contributed by atoms with E-state index >= 15 is 0 Å². The van der Waals surface area contributed by atoms with E-state index in [1.54, 1.807) is 30.2 Å². The van der Waals surface area contributed by atoms with Gasteiger partial charge in [-0.1, -0.05) is 38.8 Å². The lowest BCUT2D eigenvalue weighted by atomic mass is 9.75. The number of carbonyl (C=O) groups is 7. The molecule has 6 unspecified atom stereocenters. The molecule has 22 nitrogen and oxygen atoms in total. The highest BCUT2D eigenvalue weighted by Gasteiger charge is 2.43. The van der Waals surface area contributed by atoms with E-state index in [4.69, 9.17) is 18.9 Å². The summed E-state index contributed by atoms with van der Waals surface area (Å²) in [6, 6.07) is 7.95. The molecule has 0 bridgehead atoms. The van der Waals surface area contributed by atoms with Crippen molar-refractivity contribution in [3.05, 3.63) is 75.0 Å². The Kier molecular flexibility index (Phi) is 21.1. The monoisotopic (exact) mass is 1130 g/mol. The number of hydrogen-bond donors (Lipinski definition) is 7. The van der Waals surface area contributed by atoms with Crippen LogP contribution in [0, 0.1) is 23.2 Å². The van der Waals surface area contributed by atoms with Crippen molar-refractivity contribution in [2.75, 3.05) is 66.7 Å². The fraction of sp³-hybridized carbons (Fsp3) is 0.561. The van der Waals surface area contributed by atoms with Gasteiger partial charge in [0.2, 0.25) is 29.4 Å². The highest BCUT2D eigenvalue weighted by Crippen LogP contribution is 2.48. The number of pyridine rings is 1. The van der Waals surface area contributed by atoms with E-state index in [0.717, 1.165) is 45.4 Å². The van der Waals surface area contributed by atoms with E-state index in [0.29, 0.717) is 42.3 Å². The summed E-state index contributed by atoms with van der Waals surface area (Å²) in [7, 11) is 3.02. The Morgan fingerprint density at radius 1 is 0.900 bits per heavy atom. The van der Waals surface area contributed by atoms with Crippen LogP contribution >= 0.6 is 11.8 Å². The summed E-state index contributed by atoms with van der Waals surface area (Å²) in [5, 5.41) is 53.5. The maximum atomic E-state index is 13.6. The fourth-order valence-corrected chi connectivity index (χ4v) is 11.7. The van der Waals surface area contributed by atoms with Crippen molar-refractivity contribution >= 4 is 52.9 Å². The smallest absolute Gasteiger partial charge is 0.269 e. The molecule has 432 valence electrons. The van der Waals surface area contributed by atoms with Crippen LogP contribution in [0.5, 0.6) is 17.2 Å². The van der Waals surface area contributed by atoms with Crippen molar-refractivity contribution in [2.24, 2.45) is 11.8 Å². The summed E-state index contributed by atoms with van der Waals surface area (Å²) in [4.78, 5) is 100. The molecule has 5 aliphatic rings. The first-order chi connectivity index (χ1) is 38.3. The first-order valence-electron chi connectivity index (χ1n) is 27.4. The summed E-state index contributed by atoms with van der Waals surface area (Å²) in [6.07, 6.45) is 3.75.